The molecule has 0 heterocycles. The van der Waals surface area contributed by atoms with E-state index in [-0.39, 0.29) is 30.8 Å². The van der Waals surface area contributed by atoms with Gasteiger partial charge in [-0.1, -0.05) is 17.7 Å². The van der Waals surface area contributed by atoms with Gasteiger partial charge in [0.15, 0.2) is 0 Å². The number of halogens is 2. The first-order valence-electron chi connectivity index (χ1n) is 5.46. The smallest absolute Gasteiger partial charge is 0.243 e. The van der Waals surface area contributed by atoms with Crippen LogP contribution >= 0.6 is 24.0 Å². The summed E-state index contributed by atoms with van der Waals surface area (Å²) in [6, 6.07) is 6.18. The Kier molecular flexibility index (Phi) is 7.44. The first kappa shape index (κ1) is 17.7. The van der Waals surface area contributed by atoms with Gasteiger partial charge >= 0.3 is 0 Å². The van der Waals surface area contributed by atoms with Gasteiger partial charge in [0.05, 0.1) is 12.6 Å². The Morgan fingerprint density at radius 3 is 2.63 bits per heavy atom. The monoisotopic (exact) mass is 305 g/mol. The molecule has 0 radical (unpaired) electrons. The molecular formula is C12H17Cl2N3O2. The number of benzene rings is 1. The lowest BCUT2D eigenvalue weighted by molar-refractivity contribution is -0.134. The van der Waals surface area contributed by atoms with E-state index in [0.717, 1.165) is 0 Å². The standard InChI is InChI=1S/C12H16ClN3O2.ClH/c1-8(14)12(18)16(2)7-11(17)15-10-5-3-4-9(13)6-10;/h3-6,8H,7,14H2,1-2H3,(H,15,17);1H/t8-;/m1./s1. The highest BCUT2D eigenvalue weighted by Gasteiger charge is 2.16. The van der Waals surface area contributed by atoms with Crippen LogP contribution in [0.5, 0.6) is 0 Å². The number of likely N-dealkylation sites (N-methyl/N-ethyl adjacent to an activating group) is 1. The molecule has 1 atom stereocenters. The van der Waals surface area contributed by atoms with E-state index in [2.05, 4.69) is 5.32 Å². The molecule has 0 aliphatic heterocycles. The van der Waals surface area contributed by atoms with E-state index in [1.165, 1.54) is 11.9 Å². The summed E-state index contributed by atoms with van der Waals surface area (Å²) in [6.07, 6.45) is 0. The molecule has 0 aliphatic rings. The van der Waals surface area contributed by atoms with Gasteiger partial charge in [-0.05, 0) is 25.1 Å². The number of hydrogen-bond donors (Lipinski definition) is 2. The van der Waals surface area contributed by atoms with Crippen LogP contribution in [-0.2, 0) is 9.59 Å². The predicted molar refractivity (Wildman–Crippen MR) is 78.6 cm³/mol. The Bertz CT molecular complexity index is 452. The summed E-state index contributed by atoms with van der Waals surface area (Å²) in [4.78, 5) is 24.4. The van der Waals surface area contributed by atoms with E-state index < -0.39 is 6.04 Å². The number of anilines is 1. The van der Waals surface area contributed by atoms with E-state index in [0.29, 0.717) is 10.7 Å². The molecule has 0 saturated carbocycles. The van der Waals surface area contributed by atoms with Crippen molar-refractivity contribution in [1.29, 1.82) is 0 Å². The molecule has 1 rings (SSSR count). The minimum atomic E-state index is -0.617. The van der Waals surface area contributed by atoms with Gasteiger partial charge in [-0.3, -0.25) is 9.59 Å². The average molecular weight is 306 g/mol. The lowest BCUT2D eigenvalue weighted by Crippen LogP contribution is -2.43. The van der Waals surface area contributed by atoms with E-state index in [4.69, 9.17) is 17.3 Å². The maximum Gasteiger partial charge on any atom is 0.243 e. The zero-order valence-electron chi connectivity index (χ0n) is 10.7. The van der Waals surface area contributed by atoms with Crippen LogP contribution in [0.25, 0.3) is 0 Å². The summed E-state index contributed by atoms with van der Waals surface area (Å²) < 4.78 is 0. The van der Waals surface area contributed by atoms with Crippen molar-refractivity contribution in [2.24, 2.45) is 5.73 Å². The van der Waals surface area contributed by atoms with E-state index in [1.807, 2.05) is 0 Å². The van der Waals surface area contributed by atoms with Crippen molar-refractivity contribution in [2.45, 2.75) is 13.0 Å². The molecule has 0 aromatic heterocycles. The van der Waals surface area contributed by atoms with Crippen LogP contribution < -0.4 is 11.1 Å². The van der Waals surface area contributed by atoms with Crippen molar-refractivity contribution >= 4 is 41.5 Å². The highest BCUT2D eigenvalue weighted by atomic mass is 35.5. The number of carbonyl (C=O) groups excluding carboxylic acids is 2. The van der Waals surface area contributed by atoms with Crippen molar-refractivity contribution in [1.82, 2.24) is 4.90 Å². The third-order valence-electron chi connectivity index (χ3n) is 2.25. The molecule has 0 unspecified atom stereocenters. The summed E-state index contributed by atoms with van der Waals surface area (Å²) in [5, 5.41) is 3.18. The number of carbonyl (C=O) groups is 2. The zero-order valence-corrected chi connectivity index (χ0v) is 12.3. The molecule has 0 bridgehead atoms. The Hall–Kier alpha value is -1.30. The van der Waals surface area contributed by atoms with Gasteiger partial charge in [-0.15, -0.1) is 12.4 Å². The van der Waals surface area contributed by atoms with Gasteiger partial charge in [-0.2, -0.15) is 0 Å². The molecule has 5 nitrogen and oxygen atoms in total. The molecule has 2 amide bonds. The normalized spacial score (nSPS) is 11.2. The van der Waals surface area contributed by atoms with Gasteiger partial charge < -0.3 is 16.0 Å². The molecule has 1 aromatic rings. The van der Waals surface area contributed by atoms with Crippen molar-refractivity contribution in [2.75, 3.05) is 18.9 Å². The fourth-order valence-electron chi connectivity index (χ4n) is 1.41. The molecule has 0 saturated heterocycles. The van der Waals surface area contributed by atoms with Crippen LogP contribution in [0.4, 0.5) is 5.69 Å². The molecule has 0 fully saturated rings. The molecule has 1 aromatic carbocycles. The maximum atomic E-state index is 11.7. The lowest BCUT2D eigenvalue weighted by atomic mass is 10.3. The number of hydrogen-bond acceptors (Lipinski definition) is 3. The molecule has 0 aliphatic carbocycles. The van der Waals surface area contributed by atoms with Crippen LogP contribution in [-0.4, -0.2) is 36.3 Å². The summed E-state index contributed by atoms with van der Waals surface area (Å²) in [5.74, 6) is -0.579. The van der Waals surface area contributed by atoms with Gasteiger partial charge in [0.25, 0.3) is 0 Å². The second-order valence-electron chi connectivity index (χ2n) is 4.04. The summed E-state index contributed by atoms with van der Waals surface area (Å²) in [5.41, 5.74) is 6.04. The van der Waals surface area contributed by atoms with E-state index in [1.54, 1.807) is 31.2 Å². The van der Waals surface area contributed by atoms with Gasteiger partial charge in [-0.25, -0.2) is 0 Å². The number of nitrogens with two attached hydrogens (primary N) is 1. The summed E-state index contributed by atoms with van der Waals surface area (Å²) >= 11 is 5.79. The quantitative estimate of drug-likeness (QED) is 0.885. The Balaban J connectivity index is 0.00000324. The van der Waals surface area contributed by atoms with Gasteiger partial charge in [0.2, 0.25) is 11.8 Å². The van der Waals surface area contributed by atoms with Crippen LogP contribution in [0.3, 0.4) is 0 Å². The first-order valence-corrected chi connectivity index (χ1v) is 5.84. The average Bonchev–Trinajstić information content (AvgIpc) is 2.27. The number of nitrogens with zero attached hydrogens (tertiary/aromatic N) is 1. The molecule has 0 spiro atoms. The van der Waals surface area contributed by atoms with Crippen LogP contribution in [0, 0.1) is 0 Å². The van der Waals surface area contributed by atoms with E-state index >= 15 is 0 Å². The van der Waals surface area contributed by atoms with E-state index in [9.17, 15) is 9.59 Å². The Morgan fingerprint density at radius 1 is 1.47 bits per heavy atom. The molecule has 7 heteroatoms. The number of nitrogens with one attached hydrogen (secondary N) is 1. The van der Waals surface area contributed by atoms with Crippen molar-refractivity contribution in [3.05, 3.63) is 29.3 Å². The van der Waals surface area contributed by atoms with Crippen LogP contribution in [0.1, 0.15) is 6.92 Å². The van der Waals surface area contributed by atoms with Crippen LogP contribution in [0.2, 0.25) is 5.02 Å². The zero-order chi connectivity index (χ0) is 13.7. The second-order valence-corrected chi connectivity index (χ2v) is 4.48. The topological polar surface area (TPSA) is 75.4 Å². The number of rotatable bonds is 4. The van der Waals surface area contributed by atoms with Gasteiger partial charge in [0, 0.05) is 17.8 Å². The minimum Gasteiger partial charge on any atom is -0.335 e. The number of amides is 2. The van der Waals surface area contributed by atoms with Gasteiger partial charge in [0.1, 0.15) is 0 Å². The lowest BCUT2D eigenvalue weighted by Gasteiger charge is -2.18. The summed E-state index contributed by atoms with van der Waals surface area (Å²) in [7, 11) is 1.53. The fraction of sp³-hybridized carbons (Fsp3) is 0.333. The SMILES string of the molecule is C[C@@H](N)C(=O)N(C)CC(=O)Nc1cccc(Cl)c1.Cl. The maximum absolute atomic E-state index is 11.7. The molecule has 3 N–H and O–H groups in total. The molecule has 19 heavy (non-hydrogen) atoms. The van der Waals surface area contributed by atoms with Crippen molar-refractivity contribution < 1.29 is 9.59 Å². The second kappa shape index (κ2) is 7.99. The van der Waals surface area contributed by atoms with Crippen molar-refractivity contribution in [3.8, 4) is 0 Å². The molecule has 106 valence electrons. The third-order valence-corrected chi connectivity index (χ3v) is 2.49. The van der Waals surface area contributed by atoms with Crippen LogP contribution in [0.15, 0.2) is 24.3 Å². The Labute approximate surface area is 123 Å². The fourth-order valence-corrected chi connectivity index (χ4v) is 1.60. The Morgan fingerprint density at radius 2 is 2.11 bits per heavy atom. The predicted octanol–water partition coefficient (Wildman–Crippen LogP) is 1.51. The van der Waals surface area contributed by atoms with Crippen molar-refractivity contribution in [3.63, 3.8) is 0 Å². The molecular weight excluding hydrogens is 289 g/mol. The summed E-state index contributed by atoms with van der Waals surface area (Å²) in [6.45, 7) is 1.53. The largest absolute Gasteiger partial charge is 0.335 e. The highest BCUT2D eigenvalue weighted by molar-refractivity contribution is 6.30. The first-order chi connectivity index (χ1) is 8.40. The highest BCUT2D eigenvalue weighted by Crippen LogP contribution is 2.14. The minimum absolute atomic E-state index is 0. The third kappa shape index (κ3) is 5.92.